The normalized spacial score (nSPS) is 18.1. The maximum atomic E-state index is 11.9. The van der Waals surface area contributed by atoms with Gasteiger partial charge in [-0.3, -0.25) is 4.79 Å². The highest BCUT2D eigenvalue weighted by Crippen LogP contribution is 2.45. The van der Waals surface area contributed by atoms with Gasteiger partial charge in [-0.1, -0.05) is 41.1 Å². The average molecular weight is 448 g/mol. The maximum absolute atomic E-state index is 11.9. The highest BCUT2D eigenvalue weighted by Gasteiger charge is 2.34. The highest BCUT2D eigenvalue weighted by molar-refractivity contribution is 7.99. The Kier molecular flexibility index (Phi) is 5.99. The van der Waals surface area contributed by atoms with Crippen LogP contribution in [-0.2, 0) is 11.4 Å². The number of thiazole rings is 1. The van der Waals surface area contributed by atoms with Crippen LogP contribution in [0, 0.1) is 5.92 Å². The van der Waals surface area contributed by atoms with Crippen LogP contribution in [0.3, 0.4) is 0 Å². The van der Waals surface area contributed by atoms with Gasteiger partial charge in [-0.05, 0) is 35.4 Å². The third kappa shape index (κ3) is 4.22. The van der Waals surface area contributed by atoms with Crippen molar-refractivity contribution < 1.29 is 14.3 Å². The number of carbonyl (C=O) groups excluding carboxylic acids is 1. The van der Waals surface area contributed by atoms with Gasteiger partial charge in [-0.2, -0.15) is 0 Å². The number of H-pyrrole nitrogens is 1. The molecule has 0 amide bonds. The Morgan fingerprint density at radius 2 is 2.10 bits per heavy atom. The van der Waals surface area contributed by atoms with Gasteiger partial charge in [0.2, 0.25) is 0 Å². The molecule has 0 radical (unpaired) electrons. The molecule has 5 nitrogen and oxygen atoms in total. The molecule has 2 atom stereocenters. The second-order valence-electron chi connectivity index (χ2n) is 6.63. The summed E-state index contributed by atoms with van der Waals surface area (Å²) in [5, 5.41) is 1.51. The minimum absolute atomic E-state index is 0.104. The van der Waals surface area contributed by atoms with Gasteiger partial charge in [0.15, 0.2) is 11.5 Å². The van der Waals surface area contributed by atoms with E-state index in [1.54, 1.807) is 7.11 Å². The zero-order valence-electron chi connectivity index (χ0n) is 15.5. The summed E-state index contributed by atoms with van der Waals surface area (Å²) in [5.74, 6) is 1.43. The smallest absolute Gasteiger partial charge is 0.305 e. The third-order valence-electron chi connectivity index (χ3n) is 4.78. The van der Waals surface area contributed by atoms with Crippen molar-refractivity contribution >= 4 is 41.0 Å². The number of rotatable bonds is 6. The van der Waals surface area contributed by atoms with Crippen LogP contribution in [-0.4, -0.2) is 24.1 Å². The molecule has 0 spiro atoms. The Balaban J connectivity index is 1.63. The van der Waals surface area contributed by atoms with Gasteiger partial charge in [0.25, 0.3) is 0 Å². The number of hydrogen-bond donors (Lipinski definition) is 1. The topological polar surface area (TPSA) is 68.4 Å². The van der Waals surface area contributed by atoms with Crippen molar-refractivity contribution in [1.82, 2.24) is 4.98 Å². The van der Waals surface area contributed by atoms with Gasteiger partial charge < -0.3 is 19.3 Å². The zero-order valence-corrected chi connectivity index (χ0v) is 17.9. The van der Waals surface area contributed by atoms with Crippen LogP contribution >= 0.6 is 34.7 Å². The van der Waals surface area contributed by atoms with Crippen LogP contribution in [0.25, 0.3) is 0 Å². The monoisotopic (exact) mass is 447 g/mol. The zero-order chi connectivity index (χ0) is 20.4. The molecular formula is C21H18ClNO4S2. The van der Waals surface area contributed by atoms with Crippen molar-refractivity contribution in [3.63, 3.8) is 0 Å². The molecule has 1 aliphatic rings. The second-order valence-corrected chi connectivity index (χ2v) is 9.11. The van der Waals surface area contributed by atoms with Crippen molar-refractivity contribution in [3.05, 3.63) is 73.2 Å². The number of hydrogen-bond acceptors (Lipinski definition) is 6. The van der Waals surface area contributed by atoms with Gasteiger partial charge in [0.1, 0.15) is 12.9 Å². The molecule has 150 valence electrons. The SMILES string of the molecule is COc1cc(C2c3sc(=O)[nH]c3SCC2C=O)ccc1OCc1cccc(Cl)c1. The minimum atomic E-state index is -0.207. The summed E-state index contributed by atoms with van der Waals surface area (Å²) in [5.41, 5.74) is 1.88. The Bertz CT molecular complexity index is 1090. The first-order valence-corrected chi connectivity index (χ1v) is 11.1. The van der Waals surface area contributed by atoms with E-state index >= 15 is 0 Å². The van der Waals surface area contributed by atoms with Gasteiger partial charge in [-0.25, -0.2) is 0 Å². The summed E-state index contributed by atoms with van der Waals surface area (Å²) in [4.78, 5) is 27.2. The molecule has 2 heterocycles. The fraction of sp³-hybridized carbons (Fsp3) is 0.238. The fourth-order valence-corrected chi connectivity index (χ4v) is 5.99. The quantitative estimate of drug-likeness (QED) is 0.553. The molecule has 0 aliphatic carbocycles. The molecular weight excluding hydrogens is 430 g/mol. The molecule has 4 rings (SSSR count). The fourth-order valence-electron chi connectivity index (χ4n) is 3.41. The molecule has 2 aromatic carbocycles. The van der Waals surface area contributed by atoms with Gasteiger partial charge in [-0.15, -0.1) is 11.8 Å². The summed E-state index contributed by atoms with van der Waals surface area (Å²) in [7, 11) is 1.58. The van der Waals surface area contributed by atoms with E-state index in [2.05, 4.69) is 4.98 Å². The molecule has 3 aromatic rings. The van der Waals surface area contributed by atoms with E-state index in [1.807, 2.05) is 42.5 Å². The van der Waals surface area contributed by atoms with Crippen LogP contribution in [0.1, 0.15) is 21.9 Å². The lowest BCUT2D eigenvalue weighted by Gasteiger charge is -2.27. The van der Waals surface area contributed by atoms with Crippen LogP contribution < -0.4 is 14.3 Å². The Morgan fingerprint density at radius 1 is 1.24 bits per heavy atom. The molecule has 0 fully saturated rings. The number of methoxy groups -OCH3 is 1. The molecule has 2 unspecified atom stereocenters. The highest BCUT2D eigenvalue weighted by atomic mass is 35.5. The first-order valence-electron chi connectivity index (χ1n) is 8.95. The lowest BCUT2D eigenvalue weighted by atomic mass is 9.86. The van der Waals surface area contributed by atoms with Crippen LogP contribution in [0.4, 0.5) is 0 Å². The number of aromatic nitrogens is 1. The van der Waals surface area contributed by atoms with Gasteiger partial charge in [0.05, 0.1) is 12.1 Å². The number of aromatic amines is 1. The van der Waals surface area contributed by atoms with Crippen molar-refractivity contribution in [3.8, 4) is 11.5 Å². The largest absolute Gasteiger partial charge is 0.493 e. The van der Waals surface area contributed by atoms with Crippen molar-refractivity contribution in [2.75, 3.05) is 12.9 Å². The van der Waals surface area contributed by atoms with E-state index in [9.17, 15) is 9.59 Å². The number of aldehydes is 1. The molecule has 1 N–H and O–H groups in total. The van der Waals surface area contributed by atoms with E-state index in [0.717, 1.165) is 38.7 Å². The Morgan fingerprint density at radius 3 is 2.86 bits per heavy atom. The van der Waals surface area contributed by atoms with Crippen LogP contribution in [0.2, 0.25) is 5.02 Å². The number of halogens is 1. The maximum Gasteiger partial charge on any atom is 0.305 e. The van der Waals surface area contributed by atoms with Crippen molar-refractivity contribution in [2.45, 2.75) is 17.6 Å². The van der Waals surface area contributed by atoms with E-state index in [0.29, 0.717) is 28.9 Å². The van der Waals surface area contributed by atoms with E-state index in [-0.39, 0.29) is 16.7 Å². The minimum Gasteiger partial charge on any atom is -0.493 e. The first kappa shape index (κ1) is 20.1. The number of benzene rings is 2. The standard InChI is InChI=1S/C21H18ClNO4S2/c1-26-17-8-13(5-6-16(17)27-10-12-3-2-4-15(22)7-12)18-14(9-24)11-28-20-19(18)29-21(25)23-20/h2-9,14,18H,10-11H2,1H3,(H,23,25). The number of ether oxygens (including phenoxy) is 2. The number of carbonyl (C=O) groups is 1. The number of fused-ring (bicyclic) bond motifs is 1. The molecule has 0 bridgehead atoms. The summed E-state index contributed by atoms with van der Waals surface area (Å²) < 4.78 is 11.5. The van der Waals surface area contributed by atoms with Gasteiger partial charge in [0, 0.05) is 27.5 Å². The summed E-state index contributed by atoms with van der Waals surface area (Å²) in [6.45, 7) is 0.358. The summed E-state index contributed by atoms with van der Waals surface area (Å²) in [6.07, 6.45) is 0.973. The number of thioether (sulfide) groups is 1. The van der Waals surface area contributed by atoms with E-state index < -0.39 is 0 Å². The van der Waals surface area contributed by atoms with Crippen molar-refractivity contribution in [2.24, 2.45) is 5.92 Å². The van der Waals surface area contributed by atoms with Crippen LogP contribution in [0.5, 0.6) is 11.5 Å². The molecule has 0 saturated heterocycles. The molecule has 1 aromatic heterocycles. The molecule has 0 saturated carbocycles. The Labute approximate surface area is 181 Å². The van der Waals surface area contributed by atoms with E-state index in [1.165, 1.54) is 11.8 Å². The van der Waals surface area contributed by atoms with Crippen molar-refractivity contribution in [1.29, 1.82) is 0 Å². The molecule has 29 heavy (non-hydrogen) atoms. The molecule has 1 aliphatic heterocycles. The lowest BCUT2D eigenvalue weighted by molar-refractivity contribution is -0.110. The van der Waals surface area contributed by atoms with Crippen LogP contribution in [0.15, 0.2) is 52.3 Å². The van der Waals surface area contributed by atoms with E-state index in [4.69, 9.17) is 21.1 Å². The van der Waals surface area contributed by atoms with Gasteiger partial charge >= 0.3 is 4.87 Å². The lowest BCUT2D eigenvalue weighted by Crippen LogP contribution is -2.21. The summed E-state index contributed by atoms with van der Waals surface area (Å²) >= 11 is 8.71. The summed E-state index contributed by atoms with van der Waals surface area (Å²) in [6, 6.07) is 13.1. The predicted molar refractivity (Wildman–Crippen MR) is 116 cm³/mol. The third-order valence-corrected chi connectivity index (χ3v) is 7.27. The first-order chi connectivity index (χ1) is 14.1. The Hall–Kier alpha value is -2.22. The average Bonchev–Trinajstić information content (AvgIpc) is 3.11. The predicted octanol–water partition coefficient (Wildman–Crippen LogP) is 4.73. The second kappa shape index (κ2) is 8.65. The molecule has 8 heteroatoms. The number of nitrogens with one attached hydrogen (secondary N) is 1.